The number of amides is 1. The van der Waals surface area contributed by atoms with Gasteiger partial charge in [-0.2, -0.15) is 0 Å². The first-order valence-electron chi connectivity index (χ1n) is 6.49. The van der Waals surface area contributed by atoms with E-state index in [4.69, 9.17) is 0 Å². The van der Waals surface area contributed by atoms with Crippen LogP contribution < -0.4 is 5.32 Å². The van der Waals surface area contributed by atoms with Crippen molar-refractivity contribution in [1.29, 1.82) is 0 Å². The number of carbonyl (C=O) groups excluding carboxylic acids is 1. The van der Waals surface area contributed by atoms with Gasteiger partial charge >= 0.3 is 0 Å². The van der Waals surface area contributed by atoms with Crippen LogP contribution in [0.4, 0.5) is 0 Å². The number of aromatic nitrogens is 1. The van der Waals surface area contributed by atoms with Crippen LogP contribution in [0.15, 0.2) is 22.8 Å². The van der Waals surface area contributed by atoms with Gasteiger partial charge in [-0.1, -0.05) is 19.9 Å². The van der Waals surface area contributed by atoms with Gasteiger partial charge in [-0.05, 0) is 59.2 Å². The van der Waals surface area contributed by atoms with Crippen molar-refractivity contribution < 1.29 is 4.79 Å². The van der Waals surface area contributed by atoms with Gasteiger partial charge in [-0.3, -0.25) is 4.79 Å². The van der Waals surface area contributed by atoms with E-state index in [0.29, 0.717) is 22.3 Å². The Hall–Kier alpha value is -0.900. The molecular weight excluding hydrogens is 292 g/mol. The smallest absolute Gasteiger partial charge is 0.270 e. The Morgan fingerprint density at radius 1 is 1.33 bits per heavy atom. The van der Waals surface area contributed by atoms with Crippen LogP contribution in [0.1, 0.15) is 43.6 Å². The number of nitrogens with zero attached hydrogens (tertiary/aromatic N) is 1. The first kappa shape index (κ1) is 13.5. The maximum absolute atomic E-state index is 12.1. The number of pyridine rings is 1. The fraction of sp³-hybridized carbons (Fsp3) is 0.571. The molecule has 4 heteroatoms. The summed E-state index contributed by atoms with van der Waals surface area (Å²) in [5, 5.41) is 3.09. The topological polar surface area (TPSA) is 42.0 Å². The van der Waals surface area contributed by atoms with Crippen LogP contribution >= 0.6 is 15.9 Å². The van der Waals surface area contributed by atoms with Crippen molar-refractivity contribution in [2.45, 2.75) is 39.2 Å². The quantitative estimate of drug-likeness (QED) is 0.851. The number of halogens is 1. The summed E-state index contributed by atoms with van der Waals surface area (Å²) < 4.78 is 0.695. The van der Waals surface area contributed by atoms with E-state index in [0.717, 1.165) is 18.8 Å². The third kappa shape index (κ3) is 3.31. The molecule has 0 bridgehead atoms. The molecule has 0 radical (unpaired) electrons. The second-order valence-electron chi connectivity index (χ2n) is 5.28. The molecule has 1 heterocycles. The monoisotopic (exact) mass is 310 g/mol. The molecule has 0 aromatic carbocycles. The van der Waals surface area contributed by atoms with Gasteiger partial charge in [-0.15, -0.1) is 0 Å². The standard InChI is InChI=1S/C14H19BrN2O/c1-9-6-7-11(8-10(9)2)16-14(18)12-4-3-5-13(15)17-12/h3-5,9-11H,6-8H2,1-2H3,(H,16,18). The average molecular weight is 311 g/mol. The average Bonchev–Trinajstić information content (AvgIpc) is 2.34. The van der Waals surface area contributed by atoms with Gasteiger partial charge in [0, 0.05) is 6.04 Å². The summed E-state index contributed by atoms with van der Waals surface area (Å²) in [7, 11) is 0. The molecule has 1 aromatic rings. The Balaban J connectivity index is 1.96. The highest BCUT2D eigenvalue weighted by Crippen LogP contribution is 2.29. The molecule has 1 fully saturated rings. The maximum Gasteiger partial charge on any atom is 0.270 e. The molecule has 2 rings (SSSR count). The Morgan fingerprint density at radius 2 is 2.11 bits per heavy atom. The van der Waals surface area contributed by atoms with Crippen molar-refractivity contribution in [2.75, 3.05) is 0 Å². The SMILES string of the molecule is CC1CCC(NC(=O)c2cccc(Br)n2)CC1C. The molecular formula is C14H19BrN2O. The Labute approximate surface area is 117 Å². The van der Waals surface area contributed by atoms with E-state index in [2.05, 4.69) is 40.1 Å². The molecule has 1 aromatic heterocycles. The molecule has 0 spiro atoms. The van der Waals surface area contributed by atoms with Crippen LogP contribution in [0.5, 0.6) is 0 Å². The minimum atomic E-state index is -0.0666. The zero-order chi connectivity index (χ0) is 13.1. The molecule has 3 unspecified atom stereocenters. The van der Waals surface area contributed by atoms with Crippen LogP contribution in [-0.2, 0) is 0 Å². The van der Waals surface area contributed by atoms with E-state index in [9.17, 15) is 4.79 Å². The van der Waals surface area contributed by atoms with Gasteiger partial charge in [0.05, 0.1) is 0 Å². The summed E-state index contributed by atoms with van der Waals surface area (Å²) in [5.41, 5.74) is 0.482. The largest absolute Gasteiger partial charge is 0.348 e. The van der Waals surface area contributed by atoms with Crippen LogP contribution in [0.2, 0.25) is 0 Å². The molecule has 0 saturated heterocycles. The first-order chi connectivity index (χ1) is 8.56. The highest BCUT2D eigenvalue weighted by atomic mass is 79.9. The molecule has 98 valence electrons. The van der Waals surface area contributed by atoms with Crippen molar-refractivity contribution in [3.05, 3.63) is 28.5 Å². The van der Waals surface area contributed by atoms with Gasteiger partial charge in [0.1, 0.15) is 10.3 Å². The summed E-state index contributed by atoms with van der Waals surface area (Å²) in [6.45, 7) is 4.55. The number of hydrogen-bond acceptors (Lipinski definition) is 2. The fourth-order valence-corrected chi connectivity index (χ4v) is 2.82. The van der Waals surface area contributed by atoms with Crippen molar-refractivity contribution in [1.82, 2.24) is 10.3 Å². The van der Waals surface area contributed by atoms with Gasteiger partial charge in [0.15, 0.2) is 0 Å². The minimum absolute atomic E-state index is 0.0666. The normalized spacial score (nSPS) is 27.8. The van der Waals surface area contributed by atoms with Gasteiger partial charge in [-0.25, -0.2) is 4.98 Å². The Morgan fingerprint density at radius 3 is 2.78 bits per heavy atom. The van der Waals surface area contributed by atoms with Crippen LogP contribution in [-0.4, -0.2) is 16.9 Å². The van der Waals surface area contributed by atoms with Crippen LogP contribution in [0, 0.1) is 11.8 Å². The minimum Gasteiger partial charge on any atom is -0.348 e. The molecule has 18 heavy (non-hydrogen) atoms. The maximum atomic E-state index is 12.1. The molecule has 0 aliphatic heterocycles. The van der Waals surface area contributed by atoms with E-state index in [1.165, 1.54) is 6.42 Å². The fourth-order valence-electron chi connectivity index (χ4n) is 2.47. The predicted molar refractivity (Wildman–Crippen MR) is 75.4 cm³/mol. The molecule has 1 aliphatic rings. The van der Waals surface area contributed by atoms with Gasteiger partial charge < -0.3 is 5.32 Å². The predicted octanol–water partition coefficient (Wildman–Crippen LogP) is 3.40. The molecule has 1 N–H and O–H groups in total. The van der Waals surface area contributed by atoms with Gasteiger partial charge in [0.2, 0.25) is 0 Å². The lowest BCUT2D eigenvalue weighted by molar-refractivity contribution is 0.0905. The van der Waals surface area contributed by atoms with Crippen LogP contribution in [0.3, 0.4) is 0 Å². The van der Waals surface area contributed by atoms with Crippen molar-refractivity contribution in [3.63, 3.8) is 0 Å². The second-order valence-corrected chi connectivity index (χ2v) is 6.10. The molecule has 1 aliphatic carbocycles. The summed E-state index contributed by atoms with van der Waals surface area (Å²) in [6.07, 6.45) is 3.34. The van der Waals surface area contributed by atoms with E-state index in [1.807, 2.05) is 12.1 Å². The molecule has 1 amide bonds. The summed E-state index contributed by atoms with van der Waals surface area (Å²) in [6, 6.07) is 5.69. The summed E-state index contributed by atoms with van der Waals surface area (Å²) in [5.74, 6) is 1.38. The third-order valence-electron chi connectivity index (χ3n) is 3.88. The number of nitrogens with one attached hydrogen (secondary N) is 1. The van der Waals surface area contributed by atoms with Gasteiger partial charge in [0.25, 0.3) is 5.91 Å². The van der Waals surface area contributed by atoms with Crippen molar-refractivity contribution in [2.24, 2.45) is 11.8 Å². The Bertz CT molecular complexity index is 436. The molecule has 1 saturated carbocycles. The van der Waals surface area contributed by atoms with E-state index in [-0.39, 0.29) is 5.91 Å². The zero-order valence-corrected chi connectivity index (χ0v) is 12.4. The Kier molecular flexibility index (Phi) is 4.38. The highest BCUT2D eigenvalue weighted by Gasteiger charge is 2.25. The number of rotatable bonds is 2. The summed E-state index contributed by atoms with van der Waals surface area (Å²) >= 11 is 3.28. The van der Waals surface area contributed by atoms with Crippen molar-refractivity contribution in [3.8, 4) is 0 Å². The summed E-state index contributed by atoms with van der Waals surface area (Å²) in [4.78, 5) is 16.2. The number of carbonyl (C=O) groups is 1. The lowest BCUT2D eigenvalue weighted by Gasteiger charge is -2.32. The van der Waals surface area contributed by atoms with E-state index < -0.39 is 0 Å². The van der Waals surface area contributed by atoms with Crippen LogP contribution in [0.25, 0.3) is 0 Å². The molecule has 3 nitrogen and oxygen atoms in total. The number of hydrogen-bond donors (Lipinski definition) is 1. The second kappa shape index (κ2) is 5.83. The third-order valence-corrected chi connectivity index (χ3v) is 4.32. The van der Waals surface area contributed by atoms with E-state index in [1.54, 1.807) is 6.07 Å². The lowest BCUT2D eigenvalue weighted by Crippen LogP contribution is -2.40. The highest BCUT2D eigenvalue weighted by molar-refractivity contribution is 9.10. The molecule has 3 atom stereocenters. The first-order valence-corrected chi connectivity index (χ1v) is 7.29. The van der Waals surface area contributed by atoms with E-state index >= 15 is 0 Å². The zero-order valence-electron chi connectivity index (χ0n) is 10.8. The van der Waals surface area contributed by atoms with Crippen molar-refractivity contribution >= 4 is 21.8 Å². The lowest BCUT2D eigenvalue weighted by atomic mass is 9.79.